The van der Waals surface area contributed by atoms with Crippen LogP contribution in [0, 0.1) is 5.92 Å². The maximum Gasteiger partial charge on any atom is 0.330 e. The van der Waals surface area contributed by atoms with E-state index in [4.69, 9.17) is 14.2 Å². The van der Waals surface area contributed by atoms with Gasteiger partial charge in [0, 0.05) is 26.0 Å². The van der Waals surface area contributed by atoms with Crippen molar-refractivity contribution in [1.82, 2.24) is 0 Å². The average Bonchev–Trinajstić information content (AvgIpc) is 2.62. The molecule has 0 aliphatic rings. The van der Waals surface area contributed by atoms with Gasteiger partial charge in [-0.25, -0.2) is 4.79 Å². The molecule has 1 aromatic rings. The second-order valence-corrected chi connectivity index (χ2v) is 5.59. The third kappa shape index (κ3) is 7.96. The molecular formula is C19H26O6. The predicted molar refractivity (Wildman–Crippen MR) is 92.8 cm³/mol. The number of hydrogen-bond acceptors (Lipinski definition) is 6. The zero-order valence-electron chi connectivity index (χ0n) is 15.1. The summed E-state index contributed by atoms with van der Waals surface area (Å²) in [5.41, 5.74) is 1.06. The van der Waals surface area contributed by atoms with E-state index in [-0.39, 0.29) is 12.0 Å². The third-order valence-corrected chi connectivity index (χ3v) is 3.73. The number of esters is 2. The summed E-state index contributed by atoms with van der Waals surface area (Å²) in [5.74, 6) is -1.17. The lowest BCUT2D eigenvalue weighted by Crippen LogP contribution is -2.36. The lowest BCUT2D eigenvalue weighted by atomic mass is 9.97. The van der Waals surface area contributed by atoms with E-state index in [1.54, 1.807) is 7.11 Å². The molecule has 0 saturated carbocycles. The molecule has 0 bridgehead atoms. The first-order valence-corrected chi connectivity index (χ1v) is 8.05. The van der Waals surface area contributed by atoms with E-state index < -0.39 is 18.0 Å². The van der Waals surface area contributed by atoms with Gasteiger partial charge in [0.2, 0.25) is 0 Å². The molecule has 0 heterocycles. The van der Waals surface area contributed by atoms with Gasteiger partial charge in [0.25, 0.3) is 0 Å². The number of benzene rings is 1. The van der Waals surface area contributed by atoms with Crippen LogP contribution in [0.25, 0.3) is 0 Å². The van der Waals surface area contributed by atoms with Gasteiger partial charge in [-0.15, -0.1) is 0 Å². The molecule has 0 spiro atoms. The van der Waals surface area contributed by atoms with Gasteiger partial charge in [0.15, 0.2) is 0 Å². The largest absolute Gasteiger partial charge is 0.466 e. The second-order valence-electron chi connectivity index (χ2n) is 5.59. The van der Waals surface area contributed by atoms with Crippen LogP contribution in [0.5, 0.6) is 0 Å². The summed E-state index contributed by atoms with van der Waals surface area (Å²) in [6, 6.07) is 9.80. The fraction of sp³-hybridized carbons (Fsp3) is 0.474. The molecule has 0 aliphatic heterocycles. The zero-order chi connectivity index (χ0) is 18.7. The van der Waals surface area contributed by atoms with E-state index in [2.05, 4.69) is 4.74 Å². The van der Waals surface area contributed by atoms with Gasteiger partial charge in [-0.05, 0) is 11.6 Å². The highest BCUT2D eigenvalue weighted by atomic mass is 16.6. The highest BCUT2D eigenvalue weighted by molar-refractivity contribution is 5.81. The fourth-order valence-electron chi connectivity index (χ4n) is 2.27. The molecule has 0 aliphatic carbocycles. The Morgan fingerprint density at radius 2 is 1.84 bits per heavy atom. The Morgan fingerprint density at radius 1 is 1.16 bits per heavy atom. The van der Waals surface area contributed by atoms with E-state index in [9.17, 15) is 9.59 Å². The molecule has 3 atom stereocenters. The van der Waals surface area contributed by atoms with Gasteiger partial charge in [0.05, 0.1) is 26.4 Å². The quantitative estimate of drug-likeness (QED) is 0.477. The van der Waals surface area contributed by atoms with Crippen molar-refractivity contribution in [3.63, 3.8) is 0 Å². The number of methoxy groups -OCH3 is 2. The van der Waals surface area contributed by atoms with Crippen molar-refractivity contribution in [1.29, 1.82) is 0 Å². The van der Waals surface area contributed by atoms with Gasteiger partial charge in [-0.2, -0.15) is 0 Å². The van der Waals surface area contributed by atoms with Gasteiger partial charge in [-0.3, -0.25) is 4.79 Å². The van der Waals surface area contributed by atoms with Gasteiger partial charge < -0.3 is 18.9 Å². The molecule has 0 aromatic heterocycles. The Kier molecular flexibility index (Phi) is 9.50. The lowest BCUT2D eigenvalue weighted by Gasteiger charge is -2.27. The van der Waals surface area contributed by atoms with Crippen LogP contribution < -0.4 is 0 Å². The molecule has 0 amide bonds. The monoisotopic (exact) mass is 350 g/mol. The molecule has 0 radical (unpaired) electrons. The van der Waals surface area contributed by atoms with Crippen molar-refractivity contribution in [2.45, 2.75) is 32.7 Å². The first-order chi connectivity index (χ1) is 12.0. The van der Waals surface area contributed by atoms with E-state index in [1.807, 2.05) is 37.3 Å². The molecule has 0 saturated heterocycles. The van der Waals surface area contributed by atoms with Crippen LogP contribution in [0.1, 0.15) is 19.4 Å². The standard InChI is InChI=1S/C19H26O6/c1-14(17(25-15(2)20)10-11-19(21)23-4)18(22-3)13-24-12-16-8-6-5-7-9-16/h5-11,14,17-18H,12-13H2,1-4H3/b11-10+/t14-,17-,18-/m0/s1. The summed E-state index contributed by atoms with van der Waals surface area (Å²) < 4.78 is 21.0. The van der Waals surface area contributed by atoms with Crippen LogP contribution in [-0.4, -0.2) is 45.0 Å². The van der Waals surface area contributed by atoms with E-state index in [0.717, 1.165) is 5.56 Å². The lowest BCUT2D eigenvalue weighted by molar-refractivity contribution is -0.149. The number of hydrogen-bond donors (Lipinski definition) is 0. The molecule has 0 fully saturated rings. The number of rotatable bonds is 10. The summed E-state index contributed by atoms with van der Waals surface area (Å²) in [7, 11) is 2.86. The summed E-state index contributed by atoms with van der Waals surface area (Å²) in [6.45, 7) is 3.98. The molecular weight excluding hydrogens is 324 g/mol. The highest BCUT2D eigenvalue weighted by Crippen LogP contribution is 2.18. The fourth-order valence-corrected chi connectivity index (χ4v) is 2.27. The molecule has 1 aromatic carbocycles. The van der Waals surface area contributed by atoms with E-state index >= 15 is 0 Å². The Morgan fingerprint density at radius 3 is 2.40 bits per heavy atom. The van der Waals surface area contributed by atoms with Crippen LogP contribution >= 0.6 is 0 Å². The van der Waals surface area contributed by atoms with Crippen molar-refractivity contribution in [2.75, 3.05) is 20.8 Å². The van der Waals surface area contributed by atoms with Gasteiger partial charge in [0.1, 0.15) is 6.10 Å². The third-order valence-electron chi connectivity index (χ3n) is 3.73. The number of carbonyl (C=O) groups is 2. The Hall–Kier alpha value is -2.18. The summed E-state index contributed by atoms with van der Waals surface area (Å²) in [4.78, 5) is 22.6. The Labute approximate surface area is 148 Å². The molecule has 1 rings (SSSR count). The van der Waals surface area contributed by atoms with Crippen molar-refractivity contribution in [2.24, 2.45) is 5.92 Å². The van der Waals surface area contributed by atoms with Crippen LogP contribution in [0.3, 0.4) is 0 Å². The first-order valence-electron chi connectivity index (χ1n) is 8.05. The van der Waals surface area contributed by atoms with Gasteiger partial charge >= 0.3 is 11.9 Å². The predicted octanol–water partition coefficient (Wildman–Crippen LogP) is 2.52. The molecule has 0 unspecified atom stereocenters. The Bertz CT molecular complexity index is 554. The minimum atomic E-state index is -0.623. The smallest absolute Gasteiger partial charge is 0.330 e. The average molecular weight is 350 g/mol. The zero-order valence-corrected chi connectivity index (χ0v) is 15.1. The maximum atomic E-state index is 11.3. The van der Waals surface area contributed by atoms with Crippen molar-refractivity contribution in [3.8, 4) is 0 Å². The van der Waals surface area contributed by atoms with Crippen molar-refractivity contribution in [3.05, 3.63) is 48.0 Å². The van der Waals surface area contributed by atoms with E-state index in [0.29, 0.717) is 13.2 Å². The maximum absolute atomic E-state index is 11.3. The SMILES string of the molecule is COC(=O)/C=C/[C@H](OC(C)=O)[C@H](C)[C@H](COCc1ccccc1)OC. The summed E-state index contributed by atoms with van der Waals surface area (Å²) in [6.07, 6.45) is 1.81. The second kappa shape index (κ2) is 11.4. The molecule has 0 N–H and O–H groups in total. The van der Waals surface area contributed by atoms with Gasteiger partial charge in [-0.1, -0.05) is 37.3 Å². The van der Waals surface area contributed by atoms with Crippen molar-refractivity contribution < 1.29 is 28.5 Å². The van der Waals surface area contributed by atoms with Crippen LogP contribution in [0.15, 0.2) is 42.5 Å². The minimum absolute atomic E-state index is 0.217. The van der Waals surface area contributed by atoms with Crippen LogP contribution in [0.4, 0.5) is 0 Å². The molecule has 6 nitrogen and oxygen atoms in total. The first kappa shape index (κ1) is 20.9. The molecule has 6 heteroatoms. The minimum Gasteiger partial charge on any atom is -0.466 e. The van der Waals surface area contributed by atoms with E-state index in [1.165, 1.54) is 26.2 Å². The topological polar surface area (TPSA) is 71.1 Å². The summed E-state index contributed by atoms with van der Waals surface area (Å²) >= 11 is 0. The molecule has 138 valence electrons. The molecule has 25 heavy (non-hydrogen) atoms. The van der Waals surface area contributed by atoms with Crippen LogP contribution in [-0.2, 0) is 35.1 Å². The number of carbonyl (C=O) groups excluding carboxylic acids is 2. The summed E-state index contributed by atoms with van der Waals surface area (Å²) in [5, 5.41) is 0. The van der Waals surface area contributed by atoms with Crippen molar-refractivity contribution >= 4 is 11.9 Å². The number of ether oxygens (including phenoxy) is 4. The Balaban J connectivity index is 2.66. The van der Waals surface area contributed by atoms with Crippen LogP contribution in [0.2, 0.25) is 0 Å². The highest BCUT2D eigenvalue weighted by Gasteiger charge is 2.27. The normalized spacial score (nSPS) is 14.7.